The molecule has 2 heteroatoms. The maximum Gasteiger partial charge on any atom is 0.0541 e. The highest BCUT2D eigenvalue weighted by molar-refractivity contribution is 6.10. The van der Waals surface area contributed by atoms with Crippen molar-refractivity contribution in [1.29, 1.82) is 0 Å². The quantitative estimate of drug-likeness (QED) is 0.165. The highest BCUT2D eigenvalue weighted by Gasteiger charge is 2.35. The largest absolute Gasteiger partial charge is 0.310 e. The lowest BCUT2D eigenvalue weighted by atomic mass is 9.82. The molecule has 0 fully saturated rings. The van der Waals surface area contributed by atoms with Gasteiger partial charge in [0.1, 0.15) is 0 Å². The molecule has 0 aliphatic heterocycles. The van der Waals surface area contributed by atoms with Crippen LogP contribution in [0, 0.1) is 0 Å². The van der Waals surface area contributed by atoms with E-state index in [0.29, 0.717) is 0 Å². The first-order valence-corrected chi connectivity index (χ1v) is 19.8. The highest BCUT2D eigenvalue weighted by atomic mass is 15.1. The van der Waals surface area contributed by atoms with Crippen LogP contribution in [-0.4, -0.2) is 4.57 Å². The molecule has 0 spiro atoms. The molecule has 1 heterocycles. The number of benzene rings is 9. The van der Waals surface area contributed by atoms with Gasteiger partial charge in [-0.2, -0.15) is 0 Å². The molecule has 57 heavy (non-hydrogen) atoms. The van der Waals surface area contributed by atoms with Crippen LogP contribution in [0.5, 0.6) is 0 Å². The van der Waals surface area contributed by atoms with E-state index in [0.717, 1.165) is 17.1 Å². The van der Waals surface area contributed by atoms with Crippen LogP contribution in [0.25, 0.3) is 71.6 Å². The third kappa shape index (κ3) is 5.33. The summed E-state index contributed by atoms with van der Waals surface area (Å²) in [7, 11) is 0. The predicted molar refractivity (Wildman–Crippen MR) is 241 cm³/mol. The fourth-order valence-electron chi connectivity index (χ4n) is 9.37. The zero-order valence-corrected chi connectivity index (χ0v) is 32.0. The summed E-state index contributed by atoms with van der Waals surface area (Å²) in [6.07, 6.45) is 0. The first-order valence-electron chi connectivity index (χ1n) is 19.8. The highest BCUT2D eigenvalue weighted by Crippen LogP contribution is 2.51. The standard InChI is InChI=1S/C55H40N2/c1-55(2)50-26-10-8-24-46(50)47-31-30-44(36-51(47)55)56(52-28-14-16-37-15-6-7-23-45(37)52)43-22-13-19-40(34-43)38-17-12-18-39(33-38)41-29-32-54-49(35-41)48-25-9-11-27-53(48)57(54)42-20-4-3-5-21-42/h3-36H,1-2H3. The summed E-state index contributed by atoms with van der Waals surface area (Å²) >= 11 is 0. The lowest BCUT2D eigenvalue weighted by molar-refractivity contribution is 0.660. The molecule has 2 nitrogen and oxygen atoms in total. The summed E-state index contributed by atoms with van der Waals surface area (Å²) in [4.78, 5) is 2.45. The van der Waals surface area contributed by atoms with Gasteiger partial charge < -0.3 is 9.47 Å². The minimum absolute atomic E-state index is 0.103. The summed E-state index contributed by atoms with van der Waals surface area (Å²) in [5, 5.41) is 4.96. The molecule has 10 aromatic rings. The molecular weight excluding hydrogens is 689 g/mol. The molecule has 0 saturated heterocycles. The Morgan fingerprint density at radius 2 is 1.00 bits per heavy atom. The van der Waals surface area contributed by atoms with Gasteiger partial charge >= 0.3 is 0 Å². The zero-order valence-electron chi connectivity index (χ0n) is 32.0. The fraction of sp³-hybridized carbons (Fsp3) is 0.0545. The van der Waals surface area contributed by atoms with Crippen molar-refractivity contribution in [3.63, 3.8) is 0 Å². The van der Waals surface area contributed by atoms with Crippen molar-refractivity contribution >= 4 is 49.6 Å². The van der Waals surface area contributed by atoms with Crippen LogP contribution in [0.2, 0.25) is 0 Å². The maximum absolute atomic E-state index is 2.45. The van der Waals surface area contributed by atoms with Crippen molar-refractivity contribution in [2.24, 2.45) is 0 Å². The lowest BCUT2D eigenvalue weighted by Gasteiger charge is -2.29. The van der Waals surface area contributed by atoms with Crippen molar-refractivity contribution < 1.29 is 0 Å². The van der Waals surface area contributed by atoms with Gasteiger partial charge in [-0.1, -0.05) is 153 Å². The van der Waals surface area contributed by atoms with Gasteiger partial charge in [0.25, 0.3) is 0 Å². The minimum Gasteiger partial charge on any atom is -0.310 e. The van der Waals surface area contributed by atoms with E-state index in [1.54, 1.807) is 0 Å². The van der Waals surface area contributed by atoms with Crippen molar-refractivity contribution in [3.05, 3.63) is 217 Å². The maximum atomic E-state index is 2.45. The Morgan fingerprint density at radius 1 is 0.386 bits per heavy atom. The molecule has 0 bridgehead atoms. The molecule has 11 rings (SSSR count). The van der Waals surface area contributed by atoms with Crippen LogP contribution in [0.4, 0.5) is 17.1 Å². The molecule has 0 radical (unpaired) electrons. The topological polar surface area (TPSA) is 8.17 Å². The second-order valence-corrected chi connectivity index (χ2v) is 15.8. The number of nitrogens with zero attached hydrogens (tertiary/aromatic N) is 2. The summed E-state index contributed by atoms with van der Waals surface area (Å²) in [6.45, 7) is 4.72. The molecule has 1 aliphatic carbocycles. The Balaban J connectivity index is 1.03. The predicted octanol–water partition coefficient (Wildman–Crippen LogP) is 15.0. The first kappa shape index (κ1) is 33.2. The van der Waals surface area contributed by atoms with Crippen molar-refractivity contribution in [2.75, 3.05) is 4.90 Å². The monoisotopic (exact) mass is 728 g/mol. The van der Waals surface area contributed by atoms with Crippen molar-refractivity contribution in [3.8, 4) is 39.1 Å². The van der Waals surface area contributed by atoms with E-state index in [-0.39, 0.29) is 5.41 Å². The second-order valence-electron chi connectivity index (χ2n) is 15.8. The number of hydrogen-bond donors (Lipinski definition) is 0. The lowest BCUT2D eigenvalue weighted by Crippen LogP contribution is -2.16. The minimum atomic E-state index is -0.103. The Kier molecular flexibility index (Phi) is 7.55. The average Bonchev–Trinajstić information content (AvgIpc) is 3.72. The van der Waals surface area contributed by atoms with E-state index in [1.807, 2.05) is 0 Å². The number of fused-ring (bicyclic) bond motifs is 7. The molecule has 0 saturated carbocycles. The molecule has 270 valence electrons. The Labute approximate surface area is 333 Å². The van der Waals surface area contributed by atoms with Gasteiger partial charge in [-0.25, -0.2) is 0 Å². The number of anilines is 3. The number of rotatable bonds is 6. The van der Waals surface area contributed by atoms with E-state index in [2.05, 4.69) is 230 Å². The fourth-order valence-corrected chi connectivity index (χ4v) is 9.37. The zero-order chi connectivity index (χ0) is 38.1. The molecular formula is C55H40N2. The Morgan fingerprint density at radius 3 is 1.86 bits per heavy atom. The third-order valence-electron chi connectivity index (χ3n) is 12.2. The first-order chi connectivity index (χ1) is 28.0. The Bertz CT molecular complexity index is 3160. The van der Waals surface area contributed by atoms with Crippen LogP contribution < -0.4 is 4.90 Å². The van der Waals surface area contributed by atoms with Gasteiger partial charge in [-0.3, -0.25) is 0 Å². The molecule has 9 aromatic carbocycles. The molecule has 0 N–H and O–H groups in total. The summed E-state index contributed by atoms with van der Waals surface area (Å²) in [5.74, 6) is 0. The van der Waals surface area contributed by atoms with E-state index >= 15 is 0 Å². The Hall–Kier alpha value is -7.16. The summed E-state index contributed by atoms with van der Waals surface area (Å²) in [5.41, 5.74) is 17.1. The normalized spacial score (nSPS) is 12.9. The third-order valence-corrected chi connectivity index (χ3v) is 12.2. The van der Waals surface area contributed by atoms with Crippen molar-refractivity contribution in [1.82, 2.24) is 4.57 Å². The van der Waals surface area contributed by atoms with Crippen LogP contribution in [-0.2, 0) is 5.41 Å². The van der Waals surface area contributed by atoms with Gasteiger partial charge in [0.2, 0.25) is 0 Å². The SMILES string of the molecule is CC1(C)c2ccccc2-c2ccc(N(c3cccc(-c4cccc(-c5ccc6c(c5)c5ccccc5n6-c5ccccc5)c4)c3)c3cccc4ccccc34)cc21. The van der Waals surface area contributed by atoms with E-state index < -0.39 is 0 Å². The van der Waals surface area contributed by atoms with Gasteiger partial charge in [-0.15, -0.1) is 0 Å². The van der Waals surface area contributed by atoms with Crippen molar-refractivity contribution in [2.45, 2.75) is 19.3 Å². The number of hydrogen-bond acceptors (Lipinski definition) is 1. The van der Waals surface area contributed by atoms with E-state index in [9.17, 15) is 0 Å². The van der Waals surface area contributed by atoms with Gasteiger partial charge in [-0.05, 0) is 117 Å². The van der Waals surface area contributed by atoms with Gasteiger partial charge in [0, 0.05) is 38.6 Å². The van der Waals surface area contributed by atoms with Crippen LogP contribution >= 0.6 is 0 Å². The second kappa shape index (κ2) is 13.0. The molecule has 1 aromatic heterocycles. The summed E-state index contributed by atoms with van der Waals surface area (Å²) in [6, 6.07) is 75.6. The number of aromatic nitrogens is 1. The van der Waals surface area contributed by atoms with Crippen LogP contribution in [0.15, 0.2) is 206 Å². The van der Waals surface area contributed by atoms with Crippen LogP contribution in [0.1, 0.15) is 25.0 Å². The van der Waals surface area contributed by atoms with E-state index in [4.69, 9.17) is 0 Å². The van der Waals surface area contributed by atoms with Gasteiger partial charge in [0.15, 0.2) is 0 Å². The van der Waals surface area contributed by atoms with Gasteiger partial charge in [0.05, 0.1) is 16.7 Å². The molecule has 0 unspecified atom stereocenters. The van der Waals surface area contributed by atoms with E-state index in [1.165, 1.54) is 82.8 Å². The summed E-state index contributed by atoms with van der Waals surface area (Å²) < 4.78 is 2.37. The smallest absolute Gasteiger partial charge is 0.0541 e. The molecule has 0 atom stereocenters. The number of para-hydroxylation sites is 2. The molecule has 1 aliphatic rings. The average molecular weight is 729 g/mol. The van der Waals surface area contributed by atoms with Crippen LogP contribution in [0.3, 0.4) is 0 Å². The molecule has 0 amide bonds.